The van der Waals surface area contributed by atoms with Crippen molar-refractivity contribution in [3.8, 4) is 17.2 Å². The van der Waals surface area contributed by atoms with E-state index in [-0.39, 0.29) is 23.7 Å². The van der Waals surface area contributed by atoms with Gasteiger partial charge in [-0.2, -0.15) is 0 Å². The lowest BCUT2D eigenvalue weighted by molar-refractivity contribution is 0.142. The first kappa shape index (κ1) is 24.7. The van der Waals surface area contributed by atoms with Gasteiger partial charge in [0.15, 0.2) is 11.5 Å². The molecule has 0 fully saturated rings. The van der Waals surface area contributed by atoms with Gasteiger partial charge in [0, 0.05) is 24.7 Å². The molecule has 0 saturated carbocycles. The van der Waals surface area contributed by atoms with E-state index in [1.165, 1.54) is 11.1 Å². The molecule has 180 valence electrons. The van der Waals surface area contributed by atoms with Crippen molar-refractivity contribution in [3.63, 3.8) is 0 Å². The van der Waals surface area contributed by atoms with Gasteiger partial charge in [0.1, 0.15) is 5.75 Å². The third-order valence-electron chi connectivity index (χ3n) is 5.89. The van der Waals surface area contributed by atoms with Crippen LogP contribution in [0.2, 0.25) is 0 Å². The maximum absolute atomic E-state index is 12.7. The molecule has 1 heterocycles. The first-order valence-electron chi connectivity index (χ1n) is 11.4. The van der Waals surface area contributed by atoms with E-state index in [1.54, 1.807) is 21.3 Å². The fraction of sp³-hybridized carbons (Fsp3) is 0.500. The van der Waals surface area contributed by atoms with Crippen LogP contribution < -0.4 is 24.8 Å². The molecule has 33 heavy (non-hydrogen) atoms. The highest BCUT2D eigenvalue weighted by atomic mass is 16.5. The van der Waals surface area contributed by atoms with Crippen LogP contribution in [0.15, 0.2) is 36.4 Å². The second-order valence-electron chi connectivity index (χ2n) is 9.56. The standard InChI is InChI=1S/C26H37N3O4/c1-17(27-25(30)28-26(2,3)4)24-21-15-23(33-7)22(32-6)14-19(21)12-13-29(24)16-18-8-10-20(31-5)11-9-18/h8-11,14-15,17,24H,12-13,16H2,1-7H3,(H2,27,28,30)/t17-,24+/m0/s1. The highest BCUT2D eigenvalue weighted by Gasteiger charge is 2.34. The second kappa shape index (κ2) is 10.3. The fourth-order valence-corrected chi connectivity index (χ4v) is 4.42. The van der Waals surface area contributed by atoms with Crippen LogP contribution in [0.4, 0.5) is 4.79 Å². The van der Waals surface area contributed by atoms with E-state index in [0.29, 0.717) is 5.75 Å². The Balaban J connectivity index is 1.94. The third kappa shape index (κ3) is 6.11. The number of carbonyl (C=O) groups is 1. The van der Waals surface area contributed by atoms with Gasteiger partial charge in [-0.25, -0.2) is 4.79 Å². The molecular weight excluding hydrogens is 418 g/mol. The predicted octanol–water partition coefficient (Wildman–Crippen LogP) is 4.30. The number of hydrogen-bond acceptors (Lipinski definition) is 5. The maximum Gasteiger partial charge on any atom is 0.315 e. The Labute approximate surface area is 197 Å². The van der Waals surface area contributed by atoms with E-state index in [0.717, 1.165) is 36.6 Å². The average Bonchev–Trinajstić information content (AvgIpc) is 2.76. The summed E-state index contributed by atoms with van der Waals surface area (Å²) in [4.78, 5) is 15.1. The van der Waals surface area contributed by atoms with E-state index in [1.807, 2.05) is 32.9 Å². The topological polar surface area (TPSA) is 72.1 Å². The molecule has 2 atom stereocenters. The van der Waals surface area contributed by atoms with Gasteiger partial charge in [0.25, 0.3) is 0 Å². The Bertz CT molecular complexity index is 953. The summed E-state index contributed by atoms with van der Waals surface area (Å²) >= 11 is 0. The first-order chi connectivity index (χ1) is 15.6. The number of carbonyl (C=O) groups excluding carboxylic acids is 1. The molecular formula is C26H37N3O4. The summed E-state index contributed by atoms with van der Waals surface area (Å²) < 4.78 is 16.4. The van der Waals surface area contributed by atoms with Gasteiger partial charge >= 0.3 is 6.03 Å². The number of benzene rings is 2. The van der Waals surface area contributed by atoms with Gasteiger partial charge < -0.3 is 24.8 Å². The summed E-state index contributed by atoms with van der Waals surface area (Å²) in [6.45, 7) is 9.60. The van der Waals surface area contributed by atoms with Crippen LogP contribution in [0.1, 0.15) is 50.4 Å². The van der Waals surface area contributed by atoms with E-state index in [4.69, 9.17) is 14.2 Å². The fourth-order valence-electron chi connectivity index (χ4n) is 4.42. The Hall–Kier alpha value is -2.93. The van der Waals surface area contributed by atoms with Crippen molar-refractivity contribution in [1.82, 2.24) is 15.5 Å². The molecule has 2 amide bonds. The number of amides is 2. The molecule has 7 heteroatoms. The molecule has 1 aliphatic heterocycles. The molecule has 0 unspecified atom stereocenters. The molecule has 1 aliphatic rings. The number of urea groups is 1. The summed E-state index contributed by atoms with van der Waals surface area (Å²) in [7, 11) is 4.97. The monoisotopic (exact) mass is 455 g/mol. The minimum atomic E-state index is -0.312. The van der Waals surface area contributed by atoms with Crippen LogP contribution in [-0.4, -0.2) is 50.4 Å². The van der Waals surface area contributed by atoms with Crippen LogP contribution in [0.25, 0.3) is 0 Å². The van der Waals surface area contributed by atoms with Crippen molar-refractivity contribution in [3.05, 3.63) is 53.1 Å². The smallest absolute Gasteiger partial charge is 0.315 e. The minimum absolute atomic E-state index is 0.0265. The van der Waals surface area contributed by atoms with E-state index in [9.17, 15) is 4.79 Å². The highest BCUT2D eigenvalue weighted by molar-refractivity contribution is 5.75. The number of fused-ring (bicyclic) bond motifs is 1. The molecule has 0 saturated heterocycles. The Morgan fingerprint density at radius 2 is 1.70 bits per heavy atom. The Morgan fingerprint density at radius 1 is 1.06 bits per heavy atom. The quantitative estimate of drug-likeness (QED) is 0.651. The molecule has 7 nitrogen and oxygen atoms in total. The van der Waals surface area contributed by atoms with Gasteiger partial charge in [-0.1, -0.05) is 12.1 Å². The maximum atomic E-state index is 12.7. The molecule has 0 radical (unpaired) electrons. The van der Waals surface area contributed by atoms with Crippen molar-refractivity contribution >= 4 is 6.03 Å². The normalized spacial score (nSPS) is 17.0. The molecule has 0 spiro atoms. The summed E-state index contributed by atoms with van der Waals surface area (Å²) in [5.74, 6) is 2.26. The largest absolute Gasteiger partial charge is 0.497 e. The zero-order valence-electron chi connectivity index (χ0n) is 20.8. The van der Waals surface area contributed by atoms with Crippen molar-refractivity contribution in [1.29, 1.82) is 0 Å². The minimum Gasteiger partial charge on any atom is -0.497 e. The summed E-state index contributed by atoms with van der Waals surface area (Å²) in [5, 5.41) is 6.17. The lowest BCUT2D eigenvalue weighted by Crippen LogP contribution is -2.53. The molecule has 2 aromatic carbocycles. The van der Waals surface area contributed by atoms with Gasteiger partial charge in [-0.05, 0) is 75.1 Å². The summed E-state index contributed by atoms with van der Waals surface area (Å²) in [5.41, 5.74) is 3.24. The van der Waals surface area contributed by atoms with Crippen LogP contribution in [-0.2, 0) is 13.0 Å². The first-order valence-corrected chi connectivity index (χ1v) is 11.4. The van der Waals surface area contributed by atoms with Crippen LogP contribution in [0.5, 0.6) is 17.2 Å². The van der Waals surface area contributed by atoms with Gasteiger partial charge in [-0.3, -0.25) is 4.90 Å². The molecule has 2 aromatic rings. The average molecular weight is 456 g/mol. The van der Waals surface area contributed by atoms with E-state index < -0.39 is 0 Å². The molecule has 3 rings (SSSR count). The van der Waals surface area contributed by atoms with Crippen molar-refractivity contribution in [2.45, 2.75) is 58.3 Å². The number of nitrogens with one attached hydrogen (secondary N) is 2. The van der Waals surface area contributed by atoms with Crippen LogP contribution in [0.3, 0.4) is 0 Å². The molecule has 0 aromatic heterocycles. The van der Waals surface area contributed by atoms with Crippen molar-refractivity contribution in [2.75, 3.05) is 27.9 Å². The number of methoxy groups -OCH3 is 3. The number of rotatable bonds is 7. The third-order valence-corrected chi connectivity index (χ3v) is 5.89. The Morgan fingerprint density at radius 3 is 2.27 bits per heavy atom. The zero-order valence-corrected chi connectivity index (χ0v) is 20.8. The summed E-state index contributed by atoms with van der Waals surface area (Å²) in [6, 6.07) is 11.9. The van der Waals surface area contributed by atoms with Crippen LogP contribution >= 0.6 is 0 Å². The van der Waals surface area contributed by atoms with E-state index >= 15 is 0 Å². The highest BCUT2D eigenvalue weighted by Crippen LogP contribution is 2.40. The SMILES string of the molecule is COc1ccc(CN2CCc3cc(OC)c(OC)cc3[C@H]2[C@H](C)NC(=O)NC(C)(C)C)cc1. The van der Waals surface area contributed by atoms with Crippen LogP contribution in [0, 0.1) is 0 Å². The van der Waals surface area contributed by atoms with Gasteiger partial charge in [0.05, 0.1) is 27.4 Å². The zero-order chi connectivity index (χ0) is 24.2. The lowest BCUT2D eigenvalue weighted by atomic mass is 9.87. The van der Waals surface area contributed by atoms with Crippen molar-refractivity contribution in [2.24, 2.45) is 0 Å². The number of ether oxygens (including phenoxy) is 3. The van der Waals surface area contributed by atoms with E-state index in [2.05, 4.69) is 46.7 Å². The molecule has 0 aliphatic carbocycles. The summed E-state index contributed by atoms with van der Waals surface area (Å²) in [6.07, 6.45) is 0.892. The van der Waals surface area contributed by atoms with Gasteiger partial charge in [-0.15, -0.1) is 0 Å². The predicted molar refractivity (Wildman–Crippen MR) is 130 cm³/mol. The lowest BCUT2D eigenvalue weighted by Gasteiger charge is -2.41. The second-order valence-corrected chi connectivity index (χ2v) is 9.56. The number of hydrogen-bond donors (Lipinski definition) is 2. The molecule has 2 N–H and O–H groups in total. The van der Waals surface area contributed by atoms with Gasteiger partial charge in [0.2, 0.25) is 0 Å². The Kier molecular flexibility index (Phi) is 7.74. The van der Waals surface area contributed by atoms with Crippen molar-refractivity contribution < 1.29 is 19.0 Å². The molecule has 0 bridgehead atoms. The number of nitrogens with zero attached hydrogens (tertiary/aromatic N) is 1.